The highest BCUT2D eigenvalue weighted by molar-refractivity contribution is 7.91. The van der Waals surface area contributed by atoms with Crippen LogP contribution in [0.4, 0.5) is 13.2 Å². The van der Waals surface area contributed by atoms with E-state index in [4.69, 9.17) is 0 Å². The zero-order valence-electron chi connectivity index (χ0n) is 14.3. The van der Waals surface area contributed by atoms with Crippen LogP contribution in [-0.2, 0) is 16.0 Å². The third kappa shape index (κ3) is 4.32. The Morgan fingerprint density at radius 1 is 1.07 bits per heavy atom. The molecule has 144 valence electrons. The highest BCUT2D eigenvalue weighted by Gasteiger charge is 2.35. The summed E-state index contributed by atoms with van der Waals surface area (Å²) in [6.45, 7) is 0.323. The standard InChI is InChI=1S/C19H18F3NO3S/c20-19(21,22)15-7-4-6-14(12-15)18(24)23-11-5-8-16(23)13-27(25,26)17-9-2-1-3-10-17/h1-4,6-7,9-10,12,16H,5,8,11,13H2. The fourth-order valence-corrected chi connectivity index (χ4v) is 4.87. The normalized spacial score (nSPS) is 17.9. The summed E-state index contributed by atoms with van der Waals surface area (Å²) in [5, 5.41) is 0. The number of halogens is 3. The van der Waals surface area contributed by atoms with Crippen molar-refractivity contribution in [2.45, 2.75) is 30.0 Å². The van der Waals surface area contributed by atoms with Gasteiger partial charge in [0.05, 0.1) is 16.2 Å². The zero-order valence-corrected chi connectivity index (χ0v) is 15.1. The Labute approximate surface area is 155 Å². The van der Waals surface area contributed by atoms with Gasteiger partial charge in [0.1, 0.15) is 0 Å². The van der Waals surface area contributed by atoms with Gasteiger partial charge in [-0.15, -0.1) is 0 Å². The second kappa shape index (κ2) is 7.34. The van der Waals surface area contributed by atoms with Gasteiger partial charge in [-0.1, -0.05) is 24.3 Å². The van der Waals surface area contributed by atoms with E-state index in [2.05, 4.69) is 0 Å². The van der Waals surface area contributed by atoms with E-state index >= 15 is 0 Å². The van der Waals surface area contributed by atoms with Crippen LogP contribution >= 0.6 is 0 Å². The molecule has 1 heterocycles. The molecule has 0 spiro atoms. The molecule has 2 aromatic carbocycles. The second-order valence-electron chi connectivity index (χ2n) is 6.47. The van der Waals surface area contributed by atoms with Crippen LogP contribution < -0.4 is 0 Å². The number of sulfone groups is 1. The van der Waals surface area contributed by atoms with Gasteiger partial charge >= 0.3 is 6.18 Å². The summed E-state index contributed by atoms with van der Waals surface area (Å²) in [7, 11) is -3.60. The number of hydrogen-bond donors (Lipinski definition) is 0. The maximum Gasteiger partial charge on any atom is 0.416 e. The van der Waals surface area contributed by atoms with Crippen LogP contribution in [0.5, 0.6) is 0 Å². The van der Waals surface area contributed by atoms with Crippen molar-refractivity contribution in [3.8, 4) is 0 Å². The number of likely N-dealkylation sites (tertiary alicyclic amines) is 1. The maximum atomic E-state index is 12.9. The highest BCUT2D eigenvalue weighted by atomic mass is 32.2. The van der Waals surface area contributed by atoms with Crippen molar-refractivity contribution >= 4 is 15.7 Å². The van der Waals surface area contributed by atoms with Crippen LogP contribution in [0.1, 0.15) is 28.8 Å². The molecule has 3 rings (SSSR count). The average molecular weight is 397 g/mol. The van der Waals surface area contributed by atoms with E-state index in [0.29, 0.717) is 19.4 Å². The van der Waals surface area contributed by atoms with Gasteiger partial charge in [-0.2, -0.15) is 13.2 Å². The van der Waals surface area contributed by atoms with Gasteiger partial charge in [0.2, 0.25) is 0 Å². The Morgan fingerprint density at radius 3 is 2.44 bits per heavy atom. The fourth-order valence-electron chi connectivity index (χ4n) is 3.25. The number of amides is 1. The Morgan fingerprint density at radius 2 is 1.78 bits per heavy atom. The van der Waals surface area contributed by atoms with E-state index in [1.54, 1.807) is 18.2 Å². The molecule has 1 atom stereocenters. The predicted molar refractivity (Wildman–Crippen MR) is 94.0 cm³/mol. The predicted octanol–water partition coefficient (Wildman–Crippen LogP) is 3.78. The van der Waals surface area contributed by atoms with E-state index in [1.165, 1.54) is 29.2 Å². The lowest BCUT2D eigenvalue weighted by Gasteiger charge is -2.25. The largest absolute Gasteiger partial charge is 0.416 e. The van der Waals surface area contributed by atoms with Crippen LogP contribution in [0.25, 0.3) is 0 Å². The summed E-state index contributed by atoms with van der Waals surface area (Å²) in [4.78, 5) is 14.3. The molecule has 0 N–H and O–H groups in total. The molecule has 0 aliphatic carbocycles. The Balaban J connectivity index is 1.81. The lowest BCUT2D eigenvalue weighted by Crippen LogP contribution is -2.39. The molecule has 4 nitrogen and oxygen atoms in total. The molecule has 27 heavy (non-hydrogen) atoms. The molecule has 1 fully saturated rings. The van der Waals surface area contributed by atoms with Crippen molar-refractivity contribution < 1.29 is 26.4 Å². The van der Waals surface area contributed by atoms with Crippen molar-refractivity contribution in [2.24, 2.45) is 0 Å². The van der Waals surface area contributed by atoms with E-state index in [9.17, 15) is 26.4 Å². The maximum absolute atomic E-state index is 12.9. The lowest BCUT2D eigenvalue weighted by atomic mass is 10.1. The van der Waals surface area contributed by atoms with Gasteiger partial charge in [-0.3, -0.25) is 4.79 Å². The van der Waals surface area contributed by atoms with Gasteiger partial charge in [-0.05, 0) is 43.2 Å². The van der Waals surface area contributed by atoms with E-state index in [1.807, 2.05) is 0 Å². The van der Waals surface area contributed by atoms with Crippen molar-refractivity contribution in [1.29, 1.82) is 0 Å². The van der Waals surface area contributed by atoms with Gasteiger partial charge in [-0.25, -0.2) is 8.42 Å². The summed E-state index contributed by atoms with van der Waals surface area (Å²) >= 11 is 0. The second-order valence-corrected chi connectivity index (χ2v) is 8.50. The van der Waals surface area contributed by atoms with Crippen LogP contribution in [-0.4, -0.2) is 37.6 Å². The van der Waals surface area contributed by atoms with Crippen LogP contribution in [0.3, 0.4) is 0 Å². The van der Waals surface area contributed by atoms with Gasteiger partial charge in [0.25, 0.3) is 5.91 Å². The minimum atomic E-state index is -4.54. The van der Waals surface area contributed by atoms with Crippen molar-refractivity contribution in [3.63, 3.8) is 0 Å². The van der Waals surface area contributed by atoms with E-state index in [0.717, 1.165) is 12.1 Å². The highest BCUT2D eigenvalue weighted by Crippen LogP contribution is 2.30. The summed E-state index contributed by atoms with van der Waals surface area (Å²) < 4.78 is 63.9. The number of carbonyl (C=O) groups is 1. The molecule has 1 aliphatic rings. The molecular weight excluding hydrogens is 379 g/mol. The topological polar surface area (TPSA) is 54.5 Å². The number of alkyl halides is 3. The lowest BCUT2D eigenvalue weighted by molar-refractivity contribution is -0.137. The monoisotopic (exact) mass is 397 g/mol. The third-order valence-corrected chi connectivity index (χ3v) is 6.40. The third-order valence-electron chi connectivity index (χ3n) is 4.59. The number of carbonyl (C=O) groups excluding carboxylic acids is 1. The van der Waals surface area contributed by atoms with Crippen molar-refractivity contribution in [3.05, 3.63) is 65.7 Å². The molecule has 0 aromatic heterocycles. The molecule has 1 amide bonds. The molecule has 0 saturated carbocycles. The Bertz CT molecular complexity index is 927. The smallest absolute Gasteiger partial charge is 0.335 e. The molecule has 8 heteroatoms. The Hall–Kier alpha value is -2.35. The fraction of sp³-hybridized carbons (Fsp3) is 0.316. The average Bonchev–Trinajstić information content (AvgIpc) is 3.08. The van der Waals surface area contributed by atoms with Crippen LogP contribution in [0.15, 0.2) is 59.5 Å². The zero-order chi connectivity index (χ0) is 19.7. The van der Waals surface area contributed by atoms with Crippen LogP contribution in [0, 0.1) is 0 Å². The van der Waals surface area contributed by atoms with Crippen molar-refractivity contribution in [2.75, 3.05) is 12.3 Å². The summed E-state index contributed by atoms with van der Waals surface area (Å²) in [6.07, 6.45) is -3.44. The first-order valence-electron chi connectivity index (χ1n) is 8.44. The number of nitrogens with zero attached hydrogens (tertiary/aromatic N) is 1. The number of benzene rings is 2. The molecule has 1 saturated heterocycles. The van der Waals surface area contributed by atoms with Gasteiger partial charge in [0, 0.05) is 18.2 Å². The van der Waals surface area contributed by atoms with E-state index in [-0.39, 0.29) is 16.2 Å². The van der Waals surface area contributed by atoms with Gasteiger partial charge in [0.15, 0.2) is 9.84 Å². The summed E-state index contributed by atoms with van der Waals surface area (Å²) in [5.74, 6) is -0.825. The molecule has 2 aromatic rings. The minimum Gasteiger partial charge on any atom is -0.335 e. The SMILES string of the molecule is O=C(c1cccc(C(F)(F)F)c1)N1CCCC1CS(=O)(=O)c1ccccc1. The van der Waals surface area contributed by atoms with Crippen molar-refractivity contribution in [1.82, 2.24) is 4.90 Å². The molecule has 0 bridgehead atoms. The van der Waals surface area contributed by atoms with Crippen LogP contribution in [0.2, 0.25) is 0 Å². The van der Waals surface area contributed by atoms with Gasteiger partial charge < -0.3 is 4.90 Å². The minimum absolute atomic E-state index is 0.0890. The first kappa shape index (κ1) is 19.4. The summed E-state index contributed by atoms with van der Waals surface area (Å²) in [6, 6.07) is 11.6. The first-order valence-corrected chi connectivity index (χ1v) is 10.1. The quantitative estimate of drug-likeness (QED) is 0.789. The first-order chi connectivity index (χ1) is 12.7. The summed E-state index contributed by atoms with van der Waals surface area (Å²) in [5.41, 5.74) is -0.991. The molecule has 1 aliphatic heterocycles. The number of rotatable bonds is 4. The molecular formula is C19H18F3NO3S. The molecule has 0 radical (unpaired) electrons. The number of hydrogen-bond acceptors (Lipinski definition) is 3. The Kier molecular flexibility index (Phi) is 5.28. The van der Waals surface area contributed by atoms with E-state index < -0.39 is 33.5 Å². The molecule has 1 unspecified atom stereocenters.